The van der Waals surface area contributed by atoms with Crippen LogP contribution in [0.25, 0.3) is 10.9 Å². The predicted octanol–water partition coefficient (Wildman–Crippen LogP) is 5.79. The van der Waals surface area contributed by atoms with Crippen LogP contribution in [0.5, 0.6) is 0 Å². The lowest BCUT2D eigenvalue weighted by Crippen LogP contribution is -2.35. The first kappa shape index (κ1) is 18.4. The zero-order valence-corrected chi connectivity index (χ0v) is 16.2. The van der Waals surface area contributed by atoms with Crippen LogP contribution in [0.3, 0.4) is 0 Å². The minimum atomic E-state index is -4.37. The van der Waals surface area contributed by atoms with Gasteiger partial charge in [0.05, 0.1) is 18.2 Å². The van der Waals surface area contributed by atoms with Gasteiger partial charge in [0, 0.05) is 34.7 Å². The Morgan fingerprint density at radius 2 is 2.00 bits per heavy atom. The molecule has 1 aliphatic heterocycles. The van der Waals surface area contributed by atoms with Crippen LogP contribution in [-0.2, 0) is 19.1 Å². The maximum Gasteiger partial charge on any atom is 0.416 e. The van der Waals surface area contributed by atoms with E-state index in [1.807, 2.05) is 23.6 Å². The fourth-order valence-corrected chi connectivity index (χ4v) is 4.87. The number of hydrogen-bond donors (Lipinski definition) is 1. The molecule has 1 unspecified atom stereocenters. The van der Waals surface area contributed by atoms with Gasteiger partial charge in [-0.3, -0.25) is 4.90 Å². The number of aromatic amines is 1. The standard InChI is InChI=1S/C22H18F3N3S/c23-22(24,25)15-5-3-4-14(12-15)21-20-17(16-6-1-2-7-18(16)27-20)8-10-28(21)13-19-26-9-11-29-19/h1-7,9,11-12,21,27H,8,10,13H2. The molecule has 2 aromatic heterocycles. The highest BCUT2D eigenvalue weighted by Gasteiger charge is 2.35. The van der Waals surface area contributed by atoms with Crippen molar-refractivity contribution in [2.24, 2.45) is 0 Å². The van der Waals surface area contributed by atoms with Crippen molar-refractivity contribution in [2.75, 3.05) is 6.54 Å². The van der Waals surface area contributed by atoms with E-state index in [1.54, 1.807) is 23.6 Å². The molecule has 1 aliphatic rings. The molecule has 5 rings (SSSR count). The van der Waals surface area contributed by atoms with E-state index in [1.165, 1.54) is 17.7 Å². The van der Waals surface area contributed by atoms with Crippen LogP contribution >= 0.6 is 11.3 Å². The number of benzene rings is 2. The van der Waals surface area contributed by atoms with E-state index in [2.05, 4.69) is 20.9 Å². The summed E-state index contributed by atoms with van der Waals surface area (Å²) in [5.74, 6) is 0. The number of nitrogens with zero attached hydrogens (tertiary/aromatic N) is 2. The lowest BCUT2D eigenvalue weighted by molar-refractivity contribution is -0.137. The molecule has 7 heteroatoms. The molecule has 0 fully saturated rings. The Labute approximate surface area is 169 Å². The third-order valence-electron chi connectivity index (χ3n) is 5.49. The number of aromatic nitrogens is 2. The maximum absolute atomic E-state index is 13.4. The monoisotopic (exact) mass is 413 g/mol. The average molecular weight is 413 g/mol. The van der Waals surface area contributed by atoms with Gasteiger partial charge in [0.25, 0.3) is 0 Å². The second-order valence-corrected chi connectivity index (χ2v) is 8.21. The number of nitrogens with one attached hydrogen (secondary N) is 1. The first-order valence-electron chi connectivity index (χ1n) is 9.40. The van der Waals surface area contributed by atoms with Crippen molar-refractivity contribution < 1.29 is 13.2 Å². The minimum Gasteiger partial charge on any atom is -0.357 e. The van der Waals surface area contributed by atoms with E-state index in [9.17, 15) is 13.2 Å². The molecule has 0 bridgehead atoms. The smallest absolute Gasteiger partial charge is 0.357 e. The molecule has 3 heterocycles. The molecular formula is C22H18F3N3S. The van der Waals surface area contributed by atoms with Crippen molar-refractivity contribution >= 4 is 22.2 Å². The summed E-state index contributed by atoms with van der Waals surface area (Å²) in [5, 5.41) is 4.03. The molecular weight excluding hydrogens is 395 g/mol. The Morgan fingerprint density at radius 1 is 1.14 bits per heavy atom. The number of alkyl halides is 3. The normalized spacial score (nSPS) is 17.6. The maximum atomic E-state index is 13.4. The van der Waals surface area contributed by atoms with Gasteiger partial charge in [0.1, 0.15) is 5.01 Å². The topological polar surface area (TPSA) is 31.9 Å². The number of hydrogen-bond acceptors (Lipinski definition) is 3. The van der Waals surface area contributed by atoms with E-state index in [0.717, 1.165) is 40.6 Å². The molecule has 0 saturated carbocycles. The number of H-pyrrole nitrogens is 1. The van der Waals surface area contributed by atoms with Crippen LogP contribution in [0.1, 0.15) is 33.4 Å². The zero-order chi connectivity index (χ0) is 20.0. The van der Waals surface area contributed by atoms with Crippen LogP contribution in [0.2, 0.25) is 0 Å². The van der Waals surface area contributed by atoms with Crippen molar-refractivity contribution in [1.29, 1.82) is 0 Å². The van der Waals surface area contributed by atoms with E-state index in [0.29, 0.717) is 12.1 Å². The van der Waals surface area contributed by atoms with Gasteiger partial charge < -0.3 is 4.98 Å². The molecule has 0 aliphatic carbocycles. The van der Waals surface area contributed by atoms with Crippen molar-refractivity contribution in [1.82, 2.24) is 14.9 Å². The SMILES string of the molecule is FC(F)(F)c1cccc(C2c3[nH]c4ccccc4c3CCN2Cc2nccs2)c1. The van der Waals surface area contributed by atoms with Crippen molar-refractivity contribution in [3.63, 3.8) is 0 Å². The summed E-state index contributed by atoms with van der Waals surface area (Å²) in [6, 6.07) is 13.5. The Kier molecular flexibility index (Phi) is 4.44. The van der Waals surface area contributed by atoms with Crippen LogP contribution in [0.15, 0.2) is 60.1 Å². The molecule has 0 amide bonds. The molecule has 0 radical (unpaired) electrons. The van der Waals surface area contributed by atoms with E-state index < -0.39 is 11.7 Å². The van der Waals surface area contributed by atoms with E-state index in [4.69, 9.17) is 0 Å². The van der Waals surface area contributed by atoms with Crippen LogP contribution in [-0.4, -0.2) is 21.4 Å². The molecule has 1 N–H and O–H groups in total. The van der Waals surface area contributed by atoms with Gasteiger partial charge in [-0.05, 0) is 35.7 Å². The summed E-state index contributed by atoms with van der Waals surface area (Å²) in [6.45, 7) is 1.36. The molecule has 148 valence electrons. The Morgan fingerprint density at radius 3 is 2.79 bits per heavy atom. The number of halogens is 3. The second kappa shape index (κ2) is 7.00. The van der Waals surface area contributed by atoms with Gasteiger partial charge in [-0.15, -0.1) is 11.3 Å². The lowest BCUT2D eigenvalue weighted by atomic mass is 9.91. The summed E-state index contributed by atoms with van der Waals surface area (Å²) in [5.41, 5.74) is 3.22. The predicted molar refractivity (Wildman–Crippen MR) is 108 cm³/mol. The van der Waals surface area contributed by atoms with E-state index >= 15 is 0 Å². The number of para-hydroxylation sites is 1. The third-order valence-corrected chi connectivity index (χ3v) is 6.25. The highest BCUT2D eigenvalue weighted by molar-refractivity contribution is 7.09. The first-order valence-corrected chi connectivity index (χ1v) is 10.3. The van der Waals surface area contributed by atoms with Gasteiger partial charge in [-0.25, -0.2) is 4.98 Å². The Bertz CT molecular complexity index is 1150. The Balaban J connectivity index is 1.65. The average Bonchev–Trinajstić information content (AvgIpc) is 3.34. The van der Waals surface area contributed by atoms with Crippen molar-refractivity contribution in [3.05, 3.63) is 87.5 Å². The van der Waals surface area contributed by atoms with Gasteiger partial charge in [-0.1, -0.05) is 30.3 Å². The number of fused-ring (bicyclic) bond motifs is 3. The lowest BCUT2D eigenvalue weighted by Gasteiger charge is -2.36. The van der Waals surface area contributed by atoms with Crippen LogP contribution in [0.4, 0.5) is 13.2 Å². The molecule has 4 aromatic rings. The summed E-state index contributed by atoms with van der Waals surface area (Å²) in [4.78, 5) is 10.1. The number of thiazole rings is 1. The molecule has 0 spiro atoms. The van der Waals surface area contributed by atoms with Gasteiger partial charge in [0.2, 0.25) is 0 Å². The van der Waals surface area contributed by atoms with Crippen molar-refractivity contribution in [3.8, 4) is 0 Å². The molecule has 1 atom stereocenters. The second-order valence-electron chi connectivity index (χ2n) is 7.23. The molecule has 2 aromatic carbocycles. The first-order chi connectivity index (χ1) is 14.0. The summed E-state index contributed by atoms with van der Waals surface area (Å²) >= 11 is 1.56. The molecule has 3 nitrogen and oxygen atoms in total. The fraction of sp³-hybridized carbons (Fsp3) is 0.227. The van der Waals surface area contributed by atoms with Crippen LogP contribution in [0, 0.1) is 0 Å². The van der Waals surface area contributed by atoms with Gasteiger partial charge in [-0.2, -0.15) is 13.2 Å². The highest BCUT2D eigenvalue weighted by Crippen LogP contribution is 2.40. The van der Waals surface area contributed by atoms with Gasteiger partial charge >= 0.3 is 6.18 Å². The van der Waals surface area contributed by atoms with E-state index in [-0.39, 0.29) is 6.04 Å². The minimum absolute atomic E-state index is 0.280. The Hall–Kier alpha value is -2.64. The number of rotatable bonds is 3. The summed E-state index contributed by atoms with van der Waals surface area (Å²) in [7, 11) is 0. The quantitative estimate of drug-likeness (QED) is 0.461. The summed E-state index contributed by atoms with van der Waals surface area (Å²) in [6.07, 6.45) is -1.76. The largest absolute Gasteiger partial charge is 0.416 e. The fourth-order valence-electron chi connectivity index (χ4n) is 4.23. The third kappa shape index (κ3) is 3.34. The molecule has 0 saturated heterocycles. The summed E-state index contributed by atoms with van der Waals surface area (Å²) < 4.78 is 40.1. The highest BCUT2D eigenvalue weighted by atomic mass is 32.1. The van der Waals surface area contributed by atoms with Gasteiger partial charge in [0.15, 0.2) is 0 Å². The molecule has 29 heavy (non-hydrogen) atoms. The van der Waals surface area contributed by atoms with Crippen molar-refractivity contribution in [2.45, 2.75) is 25.2 Å². The van der Waals surface area contributed by atoms with Crippen LogP contribution < -0.4 is 0 Å². The zero-order valence-electron chi connectivity index (χ0n) is 15.4.